The summed E-state index contributed by atoms with van der Waals surface area (Å²) < 4.78 is 10.6. The zero-order valence-corrected chi connectivity index (χ0v) is 14.9. The Labute approximate surface area is 148 Å². The first-order valence-electron chi connectivity index (χ1n) is 8.21. The highest BCUT2D eigenvalue weighted by molar-refractivity contribution is 6.01. The van der Waals surface area contributed by atoms with Crippen molar-refractivity contribution >= 4 is 11.7 Å². The Bertz CT molecular complexity index is 645. The van der Waals surface area contributed by atoms with Gasteiger partial charge in [-0.2, -0.15) is 0 Å². The van der Waals surface area contributed by atoms with Gasteiger partial charge in [0.1, 0.15) is 0 Å². The summed E-state index contributed by atoms with van der Waals surface area (Å²) in [5, 5.41) is 6.96. The highest BCUT2D eigenvalue weighted by Crippen LogP contribution is 2.29. The van der Waals surface area contributed by atoms with Crippen LogP contribution >= 0.6 is 0 Å². The minimum Gasteiger partial charge on any atom is -0.493 e. The normalized spacial score (nSPS) is 15.8. The van der Waals surface area contributed by atoms with Gasteiger partial charge < -0.3 is 24.5 Å². The van der Waals surface area contributed by atoms with E-state index in [9.17, 15) is 4.79 Å². The van der Waals surface area contributed by atoms with E-state index in [1.165, 1.54) is 0 Å². The highest BCUT2D eigenvalue weighted by atomic mass is 16.6. The fourth-order valence-corrected chi connectivity index (χ4v) is 2.62. The molecule has 136 valence electrons. The first-order chi connectivity index (χ1) is 12.1. The maximum Gasteiger partial charge on any atom is 0.317 e. The molecule has 0 fully saturated rings. The molecule has 1 heterocycles. The number of methoxy groups -OCH3 is 2. The van der Waals surface area contributed by atoms with E-state index >= 15 is 0 Å². The van der Waals surface area contributed by atoms with Crippen molar-refractivity contribution < 1.29 is 19.1 Å². The molecule has 0 bridgehead atoms. The van der Waals surface area contributed by atoms with Crippen molar-refractivity contribution in [3.63, 3.8) is 0 Å². The summed E-state index contributed by atoms with van der Waals surface area (Å²) in [6.07, 6.45) is 2.12. The Morgan fingerprint density at radius 2 is 2.20 bits per heavy atom. The van der Waals surface area contributed by atoms with Crippen molar-refractivity contribution in [2.45, 2.75) is 19.4 Å². The summed E-state index contributed by atoms with van der Waals surface area (Å²) in [5.74, 6) is 1.30. The Hall–Kier alpha value is -2.70. The molecule has 2 amide bonds. The van der Waals surface area contributed by atoms with Gasteiger partial charge in [0.2, 0.25) is 0 Å². The Morgan fingerprint density at radius 1 is 1.44 bits per heavy atom. The number of benzene rings is 1. The summed E-state index contributed by atoms with van der Waals surface area (Å²) in [4.78, 5) is 19.2. The average molecular weight is 347 g/mol. The molecule has 0 radical (unpaired) electrons. The number of nitrogens with one attached hydrogen (secondary N) is 1. The van der Waals surface area contributed by atoms with E-state index in [0.717, 1.165) is 11.3 Å². The van der Waals surface area contributed by atoms with E-state index in [0.29, 0.717) is 37.6 Å². The number of hydrogen-bond donors (Lipinski definition) is 1. The fourth-order valence-electron chi connectivity index (χ4n) is 2.62. The van der Waals surface area contributed by atoms with Crippen LogP contribution in [0.4, 0.5) is 4.79 Å². The predicted molar refractivity (Wildman–Crippen MR) is 96.4 cm³/mol. The van der Waals surface area contributed by atoms with Gasteiger partial charge in [-0.15, -0.1) is 6.58 Å². The lowest BCUT2D eigenvalue weighted by atomic mass is 10.0. The van der Waals surface area contributed by atoms with Gasteiger partial charge in [-0.05, 0) is 25.1 Å². The second kappa shape index (κ2) is 8.96. The molecule has 1 aliphatic heterocycles. The molecule has 7 heteroatoms. The van der Waals surface area contributed by atoms with Crippen LogP contribution in [0.1, 0.15) is 18.9 Å². The van der Waals surface area contributed by atoms with Crippen LogP contribution in [0.5, 0.6) is 11.5 Å². The van der Waals surface area contributed by atoms with Crippen molar-refractivity contribution in [3.8, 4) is 11.5 Å². The SMILES string of the molecule is C=CCN(C[C@@H]1CC(c2ccc(OC)c(OC)c2)=NO1)C(=O)NCC. The maximum atomic E-state index is 12.1. The monoisotopic (exact) mass is 347 g/mol. The maximum absolute atomic E-state index is 12.1. The zero-order chi connectivity index (χ0) is 18.2. The second-order valence-corrected chi connectivity index (χ2v) is 5.57. The molecule has 1 aromatic rings. The van der Waals surface area contributed by atoms with Crippen LogP contribution in [-0.2, 0) is 4.84 Å². The van der Waals surface area contributed by atoms with E-state index < -0.39 is 0 Å². The van der Waals surface area contributed by atoms with E-state index in [-0.39, 0.29) is 12.1 Å². The average Bonchev–Trinajstić information content (AvgIpc) is 3.09. The molecule has 0 spiro atoms. The molecule has 2 rings (SSSR count). The molecule has 0 aromatic heterocycles. The lowest BCUT2D eigenvalue weighted by molar-refractivity contribution is 0.0630. The molecule has 0 saturated heterocycles. The minimum atomic E-state index is -0.189. The number of amides is 2. The van der Waals surface area contributed by atoms with Crippen molar-refractivity contribution in [2.75, 3.05) is 33.9 Å². The van der Waals surface area contributed by atoms with E-state index in [1.807, 2.05) is 25.1 Å². The summed E-state index contributed by atoms with van der Waals surface area (Å²) in [7, 11) is 3.19. The summed E-state index contributed by atoms with van der Waals surface area (Å²) in [5.41, 5.74) is 1.73. The Morgan fingerprint density at radius 3 is 2.84 bits per heavy atom. The largest absolute Gasteiger partial charge is 0.493 e. The summed E-state index contributed by atoms with van der Waals surface area (Å²) in [6, 6.07) is 5.49. The quantitative estimate of drug-likeness (QED) is 0.733. The smallest absolute Gasteiger partial charge is 0.317 e. The van der Waals surface area contributed by atoms with Gasteiger partial charge >= 0.3 is 6.03 Å². The predicted octanol–water partition coefficient (Wildman–Crippen LogP) is 2.41. The second-order valence-electron chi connectivity index (χ2n) is 5.57. The standard InChI is InChI=1S/C18H25N3O4/c1-5-9-21(18(22)19-6-2)12-14-11-15(20-25-14)13-7-8-16(23-3)17(10-13)24-4/h5,7-8,10,14H,1,6,9,11-12H2,2-4H3,(H,19,22)/t14-/m0/s1. The molecule has 1 aliphatic rings. The molecule has 1 N–H and O–H groups in total. The molecule has 0 aliphatic carbocycles. The fraction of sp³-hybridized carbons (Fsp3) is 0.444. The lowest BCUT2D eigenvalue weighted by Crippen LogP contribution is -2.43. The first-order valence-corrected chi connectivity index (χ1v) is 8.21. The molecule has 0 unspecified atom stereocenters. The van der Waals surface area contributed by atoms with Gasteiger partial charge in [0.05, 0.1) is 26.5 Å². The molecule has 1 atom stereocenters. The van der Waals surface area contributed by atoms with E-state index in [4.69, 9.17) is 14.3 Å². The first kappa shape index (κ1) is 18.6. The number of carbonyl (C=O) groups excluding carboxylic acids is 1. The summed E-state index contributed by atoms with van der Waals surface area (Å²) in [6.45, 7) is 7.06. The third kappa shape index (κ3) is 4.65. The minimum absolute atomic E-state index is 0.134. The molecule has 1 aromatic carbocycles. The number of ether oxygens (including phenoxy) is 2. The van der Waals surface area contributed by atoms with Gasteiger partial charge in [-0.1, -0.05) is 11.2 Å². The van der Waals surface area contributed by atoms with Crippen molar-refractivity contribution in [1.29, 1.82) is 0 Å². The van der Waals surface area contributed by atoms with Crippen LogP contribution in [0.3, 0.4) is 0 Å². The Kier molecular flexibility index (Phi) is 6.68. The number of hydrogen-bond acceptors (Lipinski definition) is 5. The van der Waals surface area contributed by atoms with Crippen LogP contribution in [0.15, 0.2) is 36.0 Å². The van der Waals surface area contributed by atoms with Gasteiger partial charge in [-0.25, -0.2) is 4.79 Å². The van der Waals surface area contributed by atoms with E-state index in [1.54, 1.807) is 25.2 Å². The van der Waals surface area contributed by atoms with Crippen molar-refractivity contribution in [1.82, 2.24) is 10.2 Å². The number of carbonyl (C=O) groups is 1. The molecule has 7 nitrogen and oxygen atoms in total. The van der Waals surface area contributed by atoms with Crippen LogP contribution < -0.4 is 14.8 Å². The molecule has 0 saturated carbocycles. The number of nitrogens with zero attached hydrogens (tertiary/aromatic N) is 2. The van der Waals surface area contributed by atoms with Gasteiger partial charge in [0.15, 0.2) is 17.6 Å². The van der Waals surface area contributed by atoms with E-state index in [2.05, 4.69) is 17.1 Å². The van der Waals surface area contributed by atoms with Crippen LogP contribution in [0, 0.1) is 0 Å². The zero-order valence-electron chi connectivity index (χ0n) is 14.9. The topological polar surface area (TPSA) is 72.4 Å². The van der Waals surface area contributed by atoms with Crippen LogP contribution in [0.25, 0.3) is 0 Å². The van der Waals surface area contributed by atoms with Gasteiger partial charge in [0.25, 0.3) is 0 Å². The number of oxime groups is 1. The summed E-state index contributed by atoms with van der Waals surface area (Å²) >= 11 is 0. The number of urea groups is 1. The van der Waals surface area contributed by atoms with Crippen molar-refractivity contribution in [3.05, 3.63) is 36.4 Å². The van der Waals surface area contributed by atoms with Crippen molar-refractivity contribution in [2.24, 2.45) is 5.16 Å². The molecule has 25 heavy (non-hydrogen) atoms. The molecular formula is C18H25N3O4. The number of rotatable bonds is 8. The molecular weight excluding hydrogens is 322 g/mol. The third-order valence-corrected chi connectivity index (χ3v) is 3.84. The van der Waals surface area contributed by atoms with Gasteiger partial charge in [0, 0.05) is 25.1 Å². The lowest BCUT2D eigenvalue weighted by Gasteiger charge is -2.23. The highest BCUT2D eigenvalue weighted by Gasteiger charge is 2.26. The Balaban J connectivity index is 2.02. The van der Waals surface area contributed by atoms with Gasteiger partial charge in [-0.3, -0.25) is 0 Å². The van der Waals surface area contributed by atoms with Crippen LogP contribution in [0.2, 0.25) is 0 Å². The third-order valence-electron chi connectivity index (χ3n) is 3.84. The van der Waals surface area contributed by atoms with Crippen LogP contribution in [-0.4, -0.2) is 56.6 Å².